The number of pyridine rings is 1. The average molecular weight is 454 g/mol. The van der Waals surface area contributed by atoms with Gasteiger partial charge in [0.25, 0.3) is 11.5 Å². The van der Waals surface area contributed by atoms with Crippen LogP contribution in [0, 0.1) is 0 Å². The summed E-state index contributed by atoms with van der Waals surface area (Å²) in [7, 11) is 0. The number of carbonyl (C=O) groups is 2. The molecule has 1 unspecified atom stereocenters. The topological polar surface area (TPSA) is 80.3 Å². The Labute approximate surface area is 169 Å². The Morgan fingerprint density at radius 3 is 2.43 bits per heavy atom. The summed E-state index contributed by atoms with van der Waals surface area (Å²) in [5.41, 5.74) is -5.75. The van der Waals surface area contributed by atoms with Gasteiger partial charge in [0, 0.05) is 16.8 Å². The van der Waals surface area contributed by atoms with Gasteiger partial charge in [-0.05, 0) is 30.3 Å². The number of hydrogen-bond acceptors (Lipinski definition) is 4. The van der Waals surface area contributed by atoms with Gasteiger partial charge in [-0.3, -0.25) is 15.1 Å². The largest absolute Gasteiger partial charge is 0.434 e. The SMILES string of the molecule is O=C1Nc2ccc(Cl)cc2C(CNC(=O)c2ccc(C(F)(F)F)nc2)(C(F)(F)F)O1. The fourth-order valence-corrected chi connectivity index (χ4v) is 2.93. The van der Waals surface area contributed by atoms with Crippen LogP contribution in [0.3, 0.4) is 0 Å². The van der Waals surface area contributed by atoms with Crippen molar-refractivity contribution in [1.82, 2.24) is 10.3 Å². The predicted molar refractivity (Wildman–Crippen MR) is 90.9 cm³/mol. The van der Waals surface area contributed by atoms with Crippen LogP contribution >= 0.6 is 11.6 Å². The molecular weight excluding hydrogens is 444 g/mol. The highest BCUT2D eigenvalue weighted by Gasteiger charge is 2.62. The predicted octanol–water partition coefficient (Wildman–Crippen LogP) is 4.50. The number of nitrogens with one attached hydrogen (secondary N) is 2. The molecule has 1 aromatic carbocycles. The molecule has 0 bridgehead atoms. The van der Waals surface area contributed by atoms with Crippen LogP contribution in [0.25, 0.3) is 0 Å². The third-order valence-electron chi connectivity index (χ3n) is 4.19. The lowest BCUT2D eigenvalue weighted by Gasteiger charge is -2.39. The van der Waals surface area contributed by atoms with Gasteiger partial charge < -0.3 is 10.1 Å². The molecule has 0 saturated carbocycles. The first kappa shape index (κ1) is 21.7. The van der Waals surface area contributed by atoms with Gasteiger partial charge in [0.2, 0.25) is 0 Å². The first-order valence-corrected chi connectivity index (χ1v) is 8.39. The van der Waals surface area contributed by atoms with Gasteiger partial charge in [-0.1, -0.05) is 11.6 Å². The van der Waals surface area contributed by atoms with E-state index in [-0.39, 0.29) is 10.7 Å². The lowest BCUT2D eigenvalue weighted by molar-refractivity contribution is -0.261. The number of fused-ring (bicyclic) bond motifs is 1. The molecule has 160 valence electrons. The number of anilines is 1. The Morgan fingerprint density at radius 1 is 1.17 bits per heavy atom. The second-order valence-electron chi connectivity index (χ2n) is 6.14. The van der Waals surface area contributed by atoms with Crippen molar-refractivity contribution in [3.05, 3.63) is 58.4 Å². The number of aromatic nitrogens is 1. The molecule has 13 heteroatoms. The quantitative estimate of drug-likeness (QED) is 0.670. The summed E-state index contributed by atoms with van der Waals surface area (Å²) in [6.07, 6.45) is -10.8. The van der Waals surface area contributed by atoms with E-state index in [1.165, 1.54) is 6.07 Å². The van der Waals surface area contributed by atoms with Crippen LogP contribution in [0.5, 0.6) is 0 Å². The van der Waals surface area contributed by atoms with Crippen molar-refractivity contribution >= 4 is 29.3 Å². The molecule has 0 radical (unpaired) electrons. The molecule has 0 spiro atoms. The summed E-state index contributed by atoms with van der Waals surface area (Å²) in [4.78, 5) is 27.0. The molecule has 0 saturated heterocycles. The fraction of sp³-hybridized carbons (Fsp3) is 0.235. The molecule has 6 nitrogen and oxygen atoms in total. The van der Waals surface area contributed by atoms with Gasteiger partial charge in [-0.15, -0.1) is 0 Å². The van der Waals surface area contributed by atoms with Gasteiger partial charge in [0.1, 0.15) is 5.69 Å². The highest BCUT2D eigenvalue weighted by atomic mass is 35.5. The first-order valence-electron chi connectivity index (χ1n) is 8.02. The minimum Gasteiger partial charge on any atom is -0.426 e. The van der Waals surface area contributed by atoms with E-state index >= 15 is 0 Å². The zero-order valence-corrected chi connectivity index (χ0v) is 15.2. The maximum absolute atomic E-state index is 14.0. The molecule has 1 atom stereocenters. The number of alkyl halides is 6. The number of halogens is 7. The van der Waals surface area contributed by atoms with Crippen molar-refractivity contribution in [3.8, 4) is 0 Å². The summed E-state index contributed by atoms with van der Waals surface area (Å²) in [5.74, 6) is -1.15. The zero-order chi connectivity index (χ0) is 22.3. The summed E-state index contributed by atoms with van der Waals surface area (Å²) < 4.78 is 84.1. The summed E-state index contributed by atoms with van der Waals surface area (Å²) in [5, 5.41) is 3.95. The molecule has 0 aliphatic carbocycles. The Bertz CT molecular complexity index is 994. The lowest BCUT2D eigenvalue weighted by atomic mass is 9.89. The molecule has 2 heterocycles. The summed E-state index contributed by atoms with van der Waals surface area (Å²) >= 11 is 5.78. The number of benzene rings is 1. The number of rotatable bonds is 3. The van der Waals surface area contributed by atoms with Crippen molar-refractivity contribution < 1.29 is 40.7 Å². The number of amides is 2. The number of carbonyl (C=O) groups excluding carboxylic acids is 2. The lowest BCUT2D eigenvalue weighted by Crippen LogP contribution is -2.56. The van der Waals surface area contributed by atoms with E-state index in [4.69, 9.17) is 11.6 Å². The van der Waals surface area contributed by atoms with Crippen LogP contribution in [-0.4, -0.2) is 29.7 Å². The van der Waals surface area contributed by atoms with Crippen molar-refractivity contribution in [3.63, 3.8) is 0 Å². The Balaban J connectivity index is 1.92. The number of ether oxygens (including phenoxy) is 1. The van der Waals surface area contributed by atoms with Crippen LogP contribution in [0.4, 0.5) is 36.8 Å². The maximum Gasteiger partial charge on any atom is 0.434 e. The van der Waals surface area contributed by atoms with Crippen molar-refractivity contribution in [2.24, 2.45) is 0 Å². The van der Waals surface area contributed by atoms with Crippen LogP contribution in [-0.2, 0) is 16.5 Å². The molecule has 30 heavy (non-hydrogen) atoms. The normalized spacial score (nSPS) is 18.8. The minimum atomic E-state index is -5.17. The van der Waals surface area contributed by atoms with E-state index in [0.29, 0.717) is 12.3 Å². The van der Waals surface area contributed by atoms with E-state index < -0.39 is 53.3 Å². The monoisotopic (exact) mass is 453 g/mol. The van der Waals surface area contributed by atoms with E-state index in [1.807, 2.05) is 5.32 Å². The standard InChI is InChI=1S/C17H10ClF6N3O3/c18-9-2-3-11-10(5-9)15(17(22,23)24,30-14(29)27-11)7-26-13(28)8-1-4-12(25-6-8)16(19,20)21/h1-6H,7H2,(H,26,28)(H,27,29). The van der Waals surface area contributed by atoms with Gasteiger partial charge in [0.15, 0.2) is 0 Å². The second kappa shape index (κ2) is 7.35. The van der Waals surface area contributed by atoms with Gasteiger partial charge in [-0.25, -0.2) is 4.79 Å². The zero-order valence-electron chi connectivity index (χ0n) is 14.5. The third-order valence-corrected chi connectivity index (χ3v) is 4.43. The van der Waals surface area contributed by atoms with Crippen molar-refractivity contribution in [2.45, 2.75) is 18.0 Å². The van der Waals surface area contributed by atoms with E-state index in [2.05, 4.69) is 15.0 Å². The molecule has 2 N–H and O–H groups in total. The molecule has 1 aliphatic rings. The van der Waals surface area contributed by atoms with E-state index in [9.17, 15) is 35.9 Å². The van der Waals surface area contributed by atoms with Gasteiger partial charge >= 0.3 is 18.4 Å². The summed E-state index contributed by atoms with van der Waals surface area (Å²) in [6, 6.07) is 4.58. The van der Waals surface area contributed by atoms with Crippen LogP contribution < -0.4 is 10.6 Å². The molecule has 3 rings (SSSR count). The van der Waals surface area contributed by atoms with E-state index in [1.54, 1.807) is 0 Å². The van der Waals surface area contributed by atoms with Gasteiger partial charge in [0.05, 0.1) is 17.8 Å². The average Bonchev–Trinajstić information content (AvgIpc) is 2.64. The Kier molecular flexibility index (Phi) is 5.31. The Hall–Kier alpha value is -3.02. The molecular formula is C17H10ClF6N3O3. The molecule has 2 amide bonds. The first-order chi connectivity index (χ1) is 13.8. The fourth-order valence-electron chi connectivity index (χ4n) is 2.75. The molecule has 1 aromatic heterocycles. The molecule has 1 aliphatic heterocycles. The Morgan fingerprint density at radius 2 is 1.87 bits per heavy atom. The minimum absolute atomic E-state index is 0.0830. The second-order valence-corrected chi connectivity index (χ2v) is 6.58. The van der Waals surface area contributed by atoms with Crippen LogP contribution in [0.15, 0.2) is 36.5 Å². The third kappa shape index (κ3) is 3.99. The van der Waals surface area contributed by atoms with Crippen molar-refractivity contribution in [2.75, 3.05) is 11.9 Å². The van der Waals surface area contributed by atoms with E-state index in [0.717, 1.165) is 18.2 Å². The highest BCUT2D eigenvalue weighted by Crippen LogP contribution is 2.47. The van der Waals surface area contributed by atoms with Crippen LogP contribution in [0.1, 0.15) is 21.6 Å². The highest BCUT2D eigenvalue weighted by molar-refractivity contribution is 6.30. The number of cyclic esters (lactones) is 1. The smallest absolute Gasteiger partial charge is 0.426 e. The van der Waals surface area contributed by atoms with Crippen molar-refractivity contribution in [1.29, 1.82) is 0 Å². The molecule has 2 aromatic rings. The van der Waals surface area contributed by atoms with Crippen LogP contribution in [0.2, 0.25) is 5.02 Å². The summed E-state index contributed by atoms with van der Waals surface area (Å²) in [6.45, 7) is -1.25. The molecule has 0 fully saturated rings. The number of nitrogens with zero attached hydrogens (tertiary/aromatic N) is 1. The van der Waals surface area contributed by atoms with Gasteiger partial charge in [-0.2, -0.15) is 26.3 Å². The maximum atomic E-state index is 14.0. The number of hydrogen-bond donors (Lipinski definition) is 2.